The number of nitrogen functional groups attached to an aromatic ring is 1. The fourth-order valence-corrected chi connectivity index (χ4v) is 2.96. The fraction of sp³-hybridized carbons (Fsp3) is 0.231. The zero-order chi connectivity index (χ0) is 13.2. The van der Waals surface area contributed by atoms with Gasteiger partial charge in [-0.25, -0.2) is 4.63 Å². The van der Waals surface area contributed by atoms with E-state index in [0.717, 1.165) is 18.7 Å². The summed E-state index contributed by atoms with van der Waals surface area (Å²) in [5.74, 6) is 0. The van der Waals surface area contributed by atoms with Crippen molar-refractivity contribution in [3.63, 3.8) is 0 Å². The number of aromatic nitrogens is 2. The van der Waals surface area contributed by atoms with Crippen LogP contribution < -0.4 is 11.1 Å². The Hall–Kier alpha value is -2.08. The van der Waals surface area contributed by atoms with E-state index in [1.807, 2.05) is 12.1 Å². The number of aryl methyl sites for hydroxylation is 1. The molecule has 0 aliphatic carbocycles. The van der Waals surface area contributed by atoms with Crippen LogP contribution in [0.25, 0.3) is 11.0 Å². The van der Waals surface area contributed by atoms with Crippen molar-refractivity contribution >= 4 is 33.7 Å². The van der Waals surface area contributed by atoms with Gasteiger partial charge in [-0.3, -0.25) is 0 Å². The molecule has 0 fully saturated rings. The van der Waals surface area contributed by atoms with E-state index in [9.17, 15) is 0 Å². The zero-order valence-electron chi connectivity index (χ0n) is 10.5. The van der Waals surface area contributed by atoms with E-state index in [2.05, 4.69) is 34.0 Å². The van der Waals surface area contributed by atoms with Crippen molar-refractivity contribution in [3.8, 4) is 0 Å². The predicted octanol–water partition coefficient (Wildman–Crippen LogP) is 3.04. The molecule has 0 unspecified atom stereocenters. The number of nitrogens with zero attached hydrogens (tertiary/aromatic N) is 2. The minimum Gasteiger partial charge on any atom is -0.397 e. The van der Waals surface area contributed by atoms with Crippen LogP contribution in [0.1, 0.15) is 17.4 Å². The van der Waals surface area contributed by atoms with Crippen molar-refractivity contribution in [2.24, 2.45) is 0 Å². The molecule has 0 atom stereocenters. The van der Waals surface area contributed by atoms with Crippen molar-refractivity contribution in [1.29, 1.82) is 0 Å². The maximum atomic E-state index is 5.82. The van der Waals surface area contributed by atoms with Gasteiger partial charge in [0.05, 0.1) is 11.4 Å². The van der Waals surface area contributed by atoms with E-state index in [-0.39, 0.29) is 0 Å². The lowest BCUT2D eigenvalue weighted by Crippen LogP contribution is -2.01. The smallest absolute Gasteiger partial charge is 0.160 e. The second kappa shape index (κ2) is 4.89. The van der Waals surface area contributed by atoms with Gasteiger partial charge in [-0.15, -0.1) is 11.3 Å². The third-order valence-corrected chi connectivity index (χ3v) is 4.07. The molecule has 0 saturated heterocycles. The minimum atomic E-state index is 0.576. The molecule has 3 rings (SSSR count). The van der Waals surface area contributed by atoms with Crippen LogP contribution in [-0.2, 0) is 13.0 Å². The van der Waals surface area contributed by atoms with Gasteiger partial charge in [0, 0.05) is 11.4 Å². The van der Waals surface area contributed by atoms with E-state index in [1.54, 1.807) is 11.3 Å². The van der Waals surface area contributed by atoms with Crippen LogP contribution in [0.5, 0.6) is 0 Å². The second-order valence-corrected chi connectivity index (χ2v) is 5.24. The topological polar surface area (TPSA) is 77.0 Å². The molecule has 2 heterocycles. The molecule has 0 aliphatic heterocycles. The number of rotatable bonds is 4. The van der Waals surface area contributed by atoms with Gasteiger partial charge in [0.1, 0.15) is 0 Å². The lowest BCUT2D eigenvalue weighted by Gasteiger charge is -2.07. The molecule has 0 radical (unpaired) electrons. The number of anilines is 2. The Labute approximate surface area is 114 Å². The average molecular weight is 274 g/mol. The van der Waals surface area contributed by atoms with Crippen LogP contribution in [0.3, 0.4) is 0 Å². The van der Waals surface area contributed by atoms with Crippen molar-refractivity contribution in [2.45, 2.75) is 19.9 Å². The van der Waals surface area contributed by atoms with Gasteiger partial charge in [0.25, 0.3) is 0 Å². The Balaban J connectivity index is 1.86. The summed E-state index contributed by atoms with van der Waals surface area (Å²) in [7, 11) is 0. The molecular weight excluding hydrogens is 260 g/mol. The molecule has 98 valence electrons. The SMILES string of the molecule is CCc1ccsc1CNc1ccc(N)c2nonc12. The van der Waals surface area contributed by atoms with Gasteiger partial charge >= 0.3 is 0 Å². The summed E-state index contributed by atoms with van der Waals surface area (Å²) in [5, 5.41) is 13.2. The van der Waals surface area contributed by atoms with E-state index >= 15 is 0 Å². The molecule has 2 aromatic heterocycles. The third kappa shape index (κ3) is 2.15. The largest absolute Gasteiger partial charge is 0.397 e. The summed E-state index contributed by atoms with van der Waals surface area (Å²) in [6.07, 6.45) is 1.04. The Kier molecular flexibility index (Phi) is 3.08. The van der Waals surface area contributed by atoms with Gasteiger partial charge in [-0.2, -0.15) is 0 Å². The van der Waals surface area contributed by atoms with E-state index < -0.39 is 0 Å². The van der Waals surface area contributed by atoms with Gasteiger partial charge in [0.2, 0.25) is 0 Å². The van der Waals surface area contributed by atoms with Crippen molar-refractivity contribution in [3.05, 3.63) is 34.0 Å². The molecular formula is C13H14N4OS. The Morgan fingerprint density at radius 3 is 2.95 bits per heavy atom. The highest BCUT2D eigenvalue weighted by molar-refractivity contribution is 7.10. The summed E-state index contributed by atoms with van der Waals surface area (Å²) in [4.78, 5) is 1.34. The molecule has 0 spiro atoms. The molecule has 3 aromatic rings. The van der Waals surface area contributed by atoms with E-state index in [0.29, 0.717) is 16.7 Å². The number of nitrogens with two attached hydrogens (primary N) is 1. The summed E-state index contributed by atoms with van der Waals surface area (Å²) < 4.78 is 4.75. The first-order chi connectivity index (χ1) is 9.29. The summed E-state index contributed by atoms with van der Waals surface area (Å²) in [6.45, 7) is 2.93. The molecule has 5 nitrogen and oxygen atoms in total. The first-order valence-electron chi connectivity index (χ1n) is 6.09. The first-order valence-corrected chi connectivity index (χ1v) is 6.97. The van der Waals surface area contributed by atoms with Crippen LogP contribution in [0.2, 0.25) is 0 Å². The first kappa shape index (κ1) is 12.0. The number of hydrogen-bond donors (Lipinski definition) is 2. The molecule has 6 heteroatoms. The highest BCUT2D eigenvalue weighted by Gasteiger charge is 2.10. The number of hydrogen-bond acceptors (Lipinski definition) is 6. The fourth-order valence-electron chi connectivity index (χ4n) is 2.04. The van der Waals surface area contributed by atoms with Crippen molar-refractivity contribution in [2.75, 3.05) is 11.1 Å². The number of nitrogens with one attached hydrogen (secondary N) is 1. The quantitative estimate of drug-likeness (QED) is 0.715. The van der Waals surface area contributed by atoms with Gasteiger partial charge in [-0.05, 0) is 45.9 Å². The molecule has 0 aliphatic rings. The third-order valence-electron chi connectivity index (χ3n) is 3.10. The number of fused-ring (bicyclic) bond motifs is 1. The average Bonchev–Trinajstić information content (AvgIpc) is 3.07. The highest BCUT2D eigenvalue weighted by Crippen LogP contribution is 2.26. The molecule has 0 bridgehead atoms. The summed E-state index contributed by atoms with van der Waals surface area (Å²) in [5.41, 5.74) is 9.94. The molecule has 0 saturated carbocycles. The maximum absolute atomic E-state index is 5.82. The molecule has 3 N–H and O–H groups in total. The van der Waals surface area contributed by atoms with Crippen LogP contribution in [0.15, 0.2) is 28.2 Å². The number of benzene rings is 1. The predicted molar refractivity (Wildman–Crippen MR) is 77.2 cm³/mol. The minimum absolute atomic E-state index is 0.576. The van der Waals surface area contributed by atoms with E-state index in [4.69, 9.17) is 10.4 Å². The Bertz CT molecular complexity index is 704. The van der Waals surface area contributed by atoms with Crippen LogP contribution in [-0.4, -0.2) is 10.3 Å². The van der Waals surface area contributed by atoms with Crippen LogP contribution >= 0.6 is 11.3 Å². The zero-order valence-corrected chi connectivity index (χ0v) is 11.3. The highest BCUT2D eigenvalue weighted by atomic mass is 32.1. The van der Waals surface area contributed by atoms with Gasteiger partial charge in [0.15, 0.2) is 11.0 Å². The molecule has 1 aromatic carbocycles. The summed E-state index contributed by atoms with van der Waals surface area (Å²) >= 11 is 1.76. The van der Waals surface area contributed by atoms with Crippen molar-refractivity contribution < 1.29 is 4.63 Å². The van der Waals surface area contributed by atoms with Crippen molar-refractivity contribution in [1.82, 2.24) is 10.3 Å². The summed E-state index contributed by atoms with van der Waals surface area (Å²) in [6, 6.07) is 5.88. The lowest BCUT2D eigenvalue weighted by atomic mass is 10.2. The maximum Gasteiger partial charge on any atom is 0.160 e. The Morgan fingerprint density at radius 2 is 2.11 bits per heavy atom. The monoisotopic (exact) mass is 274 g/mol. The second-order valence-electron chi connectivity index (χ2n) is 4.24. The molecule has 19 heavy (non-hydrogen) atoms. The van der Waals surface area contributed by atoms with E-state index in [1.165, 1.54) is 10.4 Å². The van der Waals surface area contributed by atoms with Crippen LogP contribution in [0, 0.1) is 0 Å². The van der Waals surface area contributed by atoms with Gasteiger partial charge < -0.3 is 11.1 Å². The standard InChI is InChI=1S/C13H14N4OS/c1-2-8-5-6-19-11(8)7-15-10-4-3-9(14)12-13(10)17-18-16-12/h3-6,15H,2,7,14H2,1H3. The number of thiophene rings is 1. The molecule has 0 amide bonds. The van der Waals surface area contributed by atoms with Crippen LogP contribution in [0.4, 0.5) is 11.4 Å². The lowest BCUT2D eigenvalue weighted by molar-refractivity contribution is 0.316. The normalized spacial score (nSPS) is 11.0. The Morgan fingerprint density at radius 1 is 1.26 bits per heavy atom. The van der Waals surface area contributed by atoms with Gasteiger partial charge in [-0.1, -0.05) is 6.92 Å².